The van der Waals surface area contributed by atoms with Crippen LogP contribution in [0.3, 0.4) is 0 Å². The minimum atomic E-state index is -0.804. The third kappa shape index (κ3) is 2.85. The van der Waals surface area contributed by atoms with Crippen LogP contribution in [0, 0.1) is 11.6 Å². The Morgan fingerprint density at radius 3 is 2.84 bits per heavy atom. The number of methoxy groups -OCH3 is 1. The lowest BCUT2D eigenvalue weighted by Crippen LogP contribution is -2.15. The monoisotopic (exact) mass is 264 g/mol. The van der Waals surface area contributed by atoms with Crippen molar-refractivity contribution in [1.82, 2.24) is 4.98 Å². The van der Waals surface area contributed by atoms with Crippen LogP contribution in [-0.4, -0.2) is 18.0 Å². The van der Waals surface area contributed by atoms with Crippen LogP contribution >= 0.6 is 0 Å². The SMILES string of the molecule is COc1ncccc1NC(=O)c1cc(F)ccc1F. The zero-order valence-electron chi connectivity index (χ0n) is 9.98. The summed E-state index contributed by atoms with van der Waals surface area (Å²) in [6.07, 6.45) is 1.48. The second kappa shape index (κ2) is 5.43. The fourth-order valence-corrected chi connectivity index (χ4v) is 1.51. The zero-order valence-corrected chi connectivity index (χ0v) is 9.98. The highest BCUT2D eigenvalue weighted by Gasteiger charge is 2.15. The van der Waals surface area contributed by atoms with E-state index in [4.69, 9.17) is 4.74 Å². The Balaban J connectivity index is 2.28. The van der Waals surface area contributed by atoms with Gasteiger partial charge in [-0.2, -0.15) is 0 Å². The molecular weight excluding hydrogens is 254 g/mol. The molecule has 0 aliphatic rings. The Kier molecular flexibility index (Phi) is 3.70. The van der Waals surface area contributed by atoms with Crippen molar-refractivity contribution in [3.05, 3.63) is 53.7 Å². The molecule has 0 radical (unpaired) electrons. The minimum Gasteiger partial charge on any atom is -0.480 e. The van der Waals surface area contributed by atoms with E-state index in [9.17, 15) is 13.6 Å². The van der Waals surface area contributed by atoms with Crippen molar-refractivity contribution in [2.45, 2.75) is 0 Å². The van der Waals surface area contributed by atoms with Crippen molar-refractivity contribution in [3.63, 3.8) is 0 Å². The first-order valence-corrected chi connectivity index (χ1v) is 5.37. The van der Waals surface area contributed by atoms with Gasteiger partial charge in [0.05, 0.1) is 12.7 Å². The molecule has 1 aromatic carbocycles. The number of halogens is 2. The van der Waals surface area contributed by atoms with E-state index in [-0.39, 0.29) is 17.1 Å². The van der Waals surface area contributed by atoms with E-state index in [1.54, 1.807) is 12.1 Å². The second-order valence-corrected chi connectivity index (χ2v) is 3.64. The Hall–Kier alpha value is -2.50. The largest absolute Gasteiger partial charge is 0.480 e. The standard InChI is InChI=1S/C13H10F2N2O2/c1-19-13-11(3-2-6-16-13)17-12(18)9-7-8(14)4-5-10(9)15/h2-7H,1H3,(H,17,18). The molecule has 0 saturated heterocycles. The number of carbonyl (C=O) groups is 1. The highest BCUT2D eigenvalue weighted by Crippen LogP contribution is 2.21. The normalized spacial score (nSPS) is 10.1. The van der Waals surface area contributed by atoms with E-state index in [0.29, 0.717) is 0 Å². The van der Waals surface area contributed by atoms with Gasteiger partial charge in [0.2, 0.25) is 5.88 Å². The minimum absolute atomic E-state index is 0.188. The molecule has 6 heteroatoms. The van der Waals surface area contributed by atoms with Crippen molar-refractivity contribution < 1.29 is 18.3 Å². The van der Waals surface area contributed by atoms with E-state index < -0.39 is 17.5 Å². The molecule has 1 amide bonds. The maximum atomic E-state index is 13.4. The van der Waals surface area contributed by atoms with E-state index >= 15 is 0 Å². The quantitative estimate of drug-likeness (QED) is 0.927. The molecule has 0 aliphatic carbocycles. The molecule has 19 heavy (non-hydrogen) atoms. The van der Waals surface area contributed by atoms with Crippen molar-refractivity contribution >= 4 is 11.6 Å². The van der Waals surface area contributed by atoms with E-state index in [0.717, 1.165) is 18.2 Å². The van der Waals surface area contributed by atoms with Gasteiger partial charge in [0.1, 0.15) is 17.3 Å². The number of aromatic nitrogens is 1. The van der Waals surface area contributed by atoms with Crippen LogP contribution in [0.15, 0.2) is 36.5 Å². The van der Waals surface area contributed by atoms with Gasteiger partial charge in [-0.3, -0.25) is 4.79 Å². The zero-order chi connectivity index (χ0) is 13.8. The second-order valence-electron chi connectivity index (χ2n) is 3.64. The number of hydrogen-bond acceptors (Lipinski definition) is 3. The van der Waals surface area contributed by atoms with E-state index in [2.05, 4.69) is 10.3 Å². The van der Waals surface area contributed by atoms with Crippen LogP contribution in [0.4, 0.5) is 14.5 Å². The van der Waals surface area contributed by atoms with Crippen LogP contribution in [0.5, 0.6) is 5.88 Å². The van der Waals surface area contributed by atoms with Crippen molar-refractivity contribution in [1.29, 1.82) is 0 Å². The van der Waals surface area contributed by atoms with Gasteiger partial charge in [-0.15, -0.1) is 0 Å². The van der Waals surface area contributed by atoms with Crippen molar-refractivity contribution in [2.24, 2.45) is 0 Å². The highest BCUT2D eigenvalue weighted by molar-refractivity contribution is 6.05. The summed E-state index contributed by atoms with van der Waals surface area (Å²) < 4.78 is 31.4. The van der Waals surface area contributed by atoms with Crippen molar-refractivity contribution in [3.8, 4) is 5.88 Å². The van der Waals surface area contributed by atoms with Gasteiger partial charge in [-0.05, 0) is 30.3 Å². The Morgan fingerprint density at radius 1 is 1.32 bits per heavy atom. The molecule has 1 aromatic heterocycles. The fourth-order valence-electron chi connectivity index (χ4n) is 1.51. The molecule has 0 fully saturated rings. The number of carbonyl (C=O) groups excluding carboxylic acids is 1. The summed E-state index contributed by atoms with van der Waals surface area (Å²) in [6.45, 7) is 0. The number of rotatable bonds is 3. The first-order valence-electron chi connectivity index (χ1n) is 5.37. The van der Waals surface area contributed by atoms with Crippen LogP contribution in [0.2, 0.25) is 0 Å². The number of benzene rings is 1. The Morgan fingerprint density at radius 2 is 2.11 bits per heavy atom. The first kappa shape index (κ1) is 12.9. The number of amides is 1. The molecule has 0 atom stereocenters. The summed E-state index contributed by atoms with van der Waals surface area (Å²) in [5.74, 6) is -2.08. The lowest BCUT2D eigenvalue weighted by Gasteiger charge is -2.09. The average molecular weight is 264 g/mol. The Bertz CT molecular complexity index is 617. The molecular formula is C13H10F2N2O2. The molecule has 0 saturated carbocycles. The average Bonchev–Trinajstić information content (AvgIpc) is 2.42. The number of pyridine rings is 1. The third-order valence-corrected chi connectivity index (χ3v) is 2.39. The van der Waals surface area contributed by atoms with Crippen LogP contribution < -0.4 is 10.1 Å². The molecule has 0 unspecified atom stereocenters. The summed E-state index contributed by atoms with van der Waals surface area (Å²) in [4.78, 5) is 15.7. The van der Waals surface area contributed by atoms with Crippen LogP contribution in [-0.2, 0) is 0 Å². The molecule has 4 nitrogen and oxygen atoms in total. The highest BCUT2D eigenvalue weighted by atomic mass is 19.1. The van der Waals surface area contributed by atoms with Crippen LogP contribution in [0.25, 0.3) is 0 Å². The van der Waals surface area contributed by atoms with Gasteiger partial charge in [0, 0.05) is 6.20 Å². The maximum Gasteiger partial charge on any atom is 0.258 e. The molecule has 1 N–H and O–H groups in total. The van der Waals surface area contributed by atoms with Gasteiger partial charge in [0.25, 0.3) is 5.91 Å². The summed E-state index contributed by atoms with van der Waals surface area (Å²) in [5.41, 5.74) is -0.107. The molecule has 2 aromatic rings. The number of anilines is 1. The van der Waals surface area contributed by atoms with Crippen LogP contribution in [0.1, 0.15) is 10.4 Å². The van der Waals surface area contributed by atoms with Crippen molar-refractivity contribution in [2.75, 3.05) is 12.4 Å². The Labute approximate surface area is 108 Å². The van der Waals surface area contributed by atoms with Gasteiger partial charge in [-0.1, -0.05) is 0 Å². The summed E-state index contributed by atoms with van der Waals surface area (Å²) in [5, 5.41) is 2.41. The van der Waals surface area contributed by atoms with Gasteiger partial charge in [-0.25, -0.2) is 13.8 Å². The molecule has 1 heterocycles. The topological polar surface area (TPSA) is 51.2 Å². The van der Waals surface area contributed by atoms with Gasteiger partial charge in [0.15, 0.2) is 0 Å². The van der Waals surface area contributed by atoms with E-state index in [1.165, 1.54) is 13.3 Å². The van der Waals surface area contributed by atoms with Gasteiger partial charge >= 0.3 is 0 Å². The summed E-state index contributed by atoms with van der Waals surface area (Å²) >= 11 is 0. The lowest BCUT2D eigenvalue weighted by atomic mass is 10.2. The predicted molar refractivity (Wildman–Crippen MR) is 65.1 cm³/mol. The van der Waals surface area contributed by atoms with E-state index in [1.807, 2.05) is 0 Å². The first-order chi connectivity index (χ1) is 9.11. The third-order valence-electron chi connectivity index (χ3n) is 2.39. The molecule has 0 spiro atoms. The molecule has 0 bridgehead atoms. The number of hydrogen-bond donors (Lipinski definition) is 1. The molecule has 2 rings (SSSR count). The number of nitrogens with zero attached hydrogens (tertiary/aromatic N) is 1. The number of ether oxygens (including phenoxy) is 1. The number of nitrogens with one attached hydrogen (secondary N) is 1. The van der Waals surface area contributed by atoms with Gasteiger partial charge < -0.3 is 10.1 Å². The molecule has 98 valence electrons. The maximum absolute atomic E-state index is 13.4. The predicted octanol–water partition coefficient (Wildman–Crippen LogP) is 2.62. The summed E-state index contributed by atoms with van der Waals surface area (Å²) in [7, 11) is 1.39. The molecule has 0 aliphatic heterocycles. The summed E-state index contributed by atoms with van der Waals surface area (Å²) in [6, 6.07) is 5.79. The lowest BCUT2D eigenvalue weighted by molar-refractivity contribution is 0.102. The fraction of sp³-hybridized carbons (Fsp3) is 0.0769. The smallest absolute Gasteiger partial charge is 0.258 e.